The monoisotopic (exact) mass is 457 g/mol. The molecule has 150 valence electrons. The predicted octanol–water partition coefficient (Wildman–Crippen LogP) is 3.77. The second kappa shape index (κ2) is 8.36. The van der Waals surface area contributed by atoms with E-state index >= 15 is 0 Å². The van der Waals surface area contributed by atoms with Gasteiger partial charge in [-0.15, -0.1) is 0 Å². The molecule has 1 aliphatic heterocycles. The van der Waals surface area contributed by atoms with Gasteiger partial charge in [-0.05, 0) is 35.9 Å². The van der Waals surface area contributed by atoms with Gasteiger partial charge in [-0.3, -0.25) is 4.98 Å². The largest absolute Gasteiger partial charge is 0.478 e. The fourth-order valence-corrected chi connectivity index (χ4v) is 3.80. The Morgan fingerprint density at radius 2 is 2.00 bits per heavy atom. The summed E-state index contributed by atoms with van der Waals surface area (Å²) < 4.78 is 6.38. The molecule has 0 bridgehead atoms. The summed E-state index contributed by atoms with van der Waals surface area (Å²) in [5.41, 5.74) is 3.58. The van der Waals surface area contributed by atoms with Crippen molar-refractivity contribution >= 4 is 49.9 Å². The van der Waals surface area contributed by atoms with E-state index < -0.39 is 5.97 Å². The molecule has 0 atom stereocenters. The number of nitrogens with one attached hydrogen (secondary N) is 1. The fraction of sp³-hybridized carbons (Fsp3) is 0.238. The Kier molecular flexibility index (Phi) is 5.66. The summed E-state index contributed by atoms with van der Waals surface area (Å²) in [6, 6.07) is 10.7. The summed E-state index contributed by atoms with van der Waals surface area (Å²) in [7, 11) is 0. The van der Waals surface area contributed by atoms with Crippen molar-refractivity contribution in [2.75, 3.05) is 36.5 Å². The molecule has 29 heavy (non-hydrogen) atoms. The van der Waals surface area contributed by atoms with E-state index in [0.29, 0.717) is 24.5 Å². The highest BCUT2D eigenvalue weighted by atomic mass is 79.9. The molecule has 2 heterocycles. The number of carboxylic acids is 1. The van der Waals surface area contributed by atoms with Crippen molar-refractivity contribution in [3.63, 3.8) is 0 Å². The summed E-state index contributed by atoms with van der Waals surface area (Å²) in [4.78, 5) is 18.6. The van der Waals surface area contributed by atoms with E-state index in [0.717, 1.165) is 39.8 Å². The minimum absolute atomic E-state index is 0.101. The van der Waals surface area contributed by atoms with E-state index in [1.807, 2.05) is 24.4 Å². The molecule has 0 unspecified atom stereocenters. The van der Waals surface area contributed by atoms with Gasteiger partial charge in [-0.2, -0.15) is 0 Å². The molecule has 2 aromatic carbocycles. The first kappa shape index (κ1) is 19.6. The standard InChI is InChI=1S/C21H20BrN3O4/c22-14-2-4-17-15(10-14)20(19(11-23-17)25-5-7-29-8-6-25)24-18-3-1-13(12-26)9-16(18)21(27)28/h1-4,9-11,26H,5-8,12H2,(H,23,24)(H,27,28). The Balaban J connectivity index is 1.87. The summed E-state index contributed by atoms with van der Waals surface area (Å²) in [5, 5.41) is 23.3. The van der Waals surface area contributed by atoms with E-state index in [4.69, 9.17) is 4.74 Å². The number of nitrogens with zero attached hydrogens (tertiary/aromatic N) is 2. The Morgan fingerprint density at radius 3 is 2.72 bits per heavy atom. The molecule has 8 heteroatoms. The van der Waals surface area contributed by atoms with Crippen LogP contribution in [0.2, 0.25) is 0 Å². The normalized spacial score (nSPS) is 14.2. The maximum absolute atomic E-state index is 11.8. The van der Waals surface area contributed by atoms with Crippen LogP contribution in [0.3, 0.4) is 0 Å². The average Bonchev–Trinajstić information content (AvgIpc) is 2.74. The molecular formula is C21H20BrN3O4. The maximum atomic E-state index is 11.8. The molecule has 0 amide bonds. The number of aliphatic hydroxyl groups excluding tert-OH is 1. The highest BCUT2D eigenvalue weighted by Gasteiger charge is 2.20. The number of aromatic carboxylic acids is 1. The number of hydrogen-bond donors (Lipinski definition) is 3. The van der Waals surface area contributed by atoms with Gasteiger partial charge in [0, 0.05) is 22.9 Å². The first-order chi connectivity index (χ1) is 14.1. The number of rotatable bonds is 5. The van der Waals surface area contributed by atoms with Crippen molar-refractivity contribution in [3.8, 4) is 0 Å². The predicted molar refractivity (Wildman–Crippen MR) is 115 cm³/mol. The minimum atomic E-state index is -1.06. The molecule has 1 saturated heterocycles. The molecule has 7 nitrogen and oxygen atoms in total. The highest BCUT2D eigenvalue weighted by Crippen LogP contribution is 2.37. The van der Waals surface area contributed by atoms with Crippen molar-refractivity contribution in [2.45, 2.75) is 6.61 Å². The number of morpholine rings is 1. The molecule has 0 radical (unpaired) electrons. The number of pyridine rings is 1. The highest BCUT2D eigenvalue weighted by molar-refractivity contribution is 9.10. The van der Waals surface area contributed by atoms with Gasteiger partial charge in [0.15, 0.2) is 0 Å². The van der Waals surface area contributed by atoms with Crippen LogP contribution >= 0.6 is 15.9 Å². The van der Waals surface area contributed by atoms with Crippen LogP contribution in [-0.4, -0.2) is 47.5 Å². The zero-order valence-electron chi connectivity index (χ0n) is 15.6. The van der Waals surface area contributed by atoms with Crippen LogP contribution in [0.5, 0.6) is 0 Å². The lowest BCUT2D eigenvalue weighted by Crippen LogP contribution is -2.36. The van der Waals surface area contributed by atoms with Gasteiger partial charge < -0.3 is 25.2 Å². The number of halogens is 1. The SMILES string of the molecule is O=C(O)c1cc(CO)ccc1Nc1c(N2CCOCC2)cnc2ccc(Br)cc12. The number of benzene rings is 2. The summed E-state index contributed by atoms with van der Waals surface area (Å²) in [6.07, 6.45) is 1.81. The van der Waals surface area contributed by atoms with Crippen LogP contribution in [0, 0.1) is 0 Å². The molecule has 0 spiro atoms. The number of aliphatic hydroxyl groups is 1. The first-order valence-electron chi connectivity index (χ1n) is 9.22. The Morgan fingerprint density at radius 1 is 1.21 bits per heavy atom. The number of ether oxygens (including phenoxy) is 1. The van der Waals surface area contributed by atoms with Crippen LogP contribution < -0.4 is 10.2 Å². The molecule has 1 aromatic heterocycles. The molecule has 1 fully saturated rings. The van der Waals surface area contributed by atoms with Gasteiger partial charge in [-0.25, -0.2) is 4.79 Å². The van der Waals surface area contributed by atoms with Gasteiger partial charge in [-0.1, -0.05) is 22.0 Å². The number of fused-ring (bicyclic) bond motifs is 1. The number of hydrogen-bond acceptors (Lipinski definition) is 6. The molecule has 0 saturated carbocycles. The molecule has 3 N–H and O–H groups in total. The topological polar surface area (TPSA) is 94.9 Å². The van der Waals surface area contributed by atoms with Crippen LogP contribution in [-0.2, 0) is 11.3 Å². The quantitative estimate of drug-likeness (QED) is 0.536. The van der Waals surface area contributed by atoms with Crippen LogP contribution in [0.1, 0.15) is 15.9 Å². The van der Waals surface area contributed by atoms with Crippen molar-refractivity contribution < 1.29 is 19.7 Å². The first-order valence-corrected chi connectivity index (χ1v) is 10.0. The van der Waals surface area contributed by atoms with Gasteiger partial charge in [0.05, 0.1) is 54.2 Å². The third-order valence-electron chi connectivity index (χ3n) is 4.92. The smallest absolute Gasteiger partial charge is 0.337 e. The second-order valence-electron chi connectivity index (χ2n) is 6.75. The molecule has 0 aliphatic carbocycles. The third-order valence-corrected chi connectivity index (χ3v) is 5.41. The van der Waals surface area contributed by atoms with Crippen molar-refractivity contribution in [1.29, 1.82) is 0 Å². The van der Waals surface area contributed by atoms with Gasteiger partial charge in [0.2, 0.25) is 0 Å². The Labute approximate surface area is 176 Å². The van der Waals surface area contributed by atoms with E-state index in [9.17, 15) is 15.0 Å². The maximum Gasteiger partial charge on any atom is 0.337 e. The van der Waals surface area contributed by atoms with Crippen molar-refractivity contribution in [3.05, 3.63) is 58.2 Å². The van der Waals surface area contributed by atoms with E-state index in [2.05, 4.69) is 31.1 Å². The lowest BCUT2D eigenvalue weighted by atomic mass is 10.1. The lowest BCUT2D eigenvalue weighted by molar-refractivity contribution is 0.0698. The summed E-state index contributed by atoms with van der Waals surface area (Å²) in [6.45, 7) is 2.49. The van der Waals surface area contributed by atoms with Crippen LogP contribution in [0.25, 0.3) is 10.9 Å². The van der Waals surface area contributed by atoms with Crippen molar-refractivity contribution in [2.24, 2.45) is 0 Å². The summed E-state index contributed by atoms with van der Waals surface area (Å²) in [5.74, 6) is -1.06. The number of anilines is 3. The summed E-state index contributed by atoms with van der Waals surface area (Å²) >= 11 is 3.52. The fourth-order valence-electron chi connectivity index (χ4n) is 3.44. The molecule has 3 aromatic rings. The molecule has 1 aliphatic rings. The number of carboxylic acid groups (broad SMARTS) is 1. The Bertz CT molecular complexity index is 1070. The van der Waals surface area contributed by atoms with Crippen LogP contribution in [0.15, 0.2) is 47.1 Å². The second-order valence-corrected chi connectivity index (χ2v) is 7.66. The van der Waals surface area contributed by atoms with Crippen LogP contribution in [0.4, 0.5) is 17.1 Å². The number of aromatic nitrogens is 1. The molecular weight excluding hydrogens is 438 g/mol. The minimum Gasteiger partial charge on any atom is -0.478 e. The average molecular weight is 458 g/mol. The third kappa shape index (κ3) is 4.05. The van der Waals surface area contributed by atoms with Crippen molar-refractivity contribution in [1.82, 2.24) is 4.98 Å². The van der Waals surface area contributed by atoms with Gasteiger partial charge in [0.1, 0.15) is 0 Å². The molecule has 4 rings (SSSR count). The lowest BCUT2D eigenvalue weighted by Gasteiger charge is -2.31. The van der Waals surface area contributed by atoms with E-state index in [1.165, 1.54) is 6.07 Å². The van der Waals surface area contributed by atoms with E-state index in [-0.39, 0.29) is 12.2 Å². The Hall–Kier alpha value is -2.68. The van der Waals surface area contributed by atoms with Gasteiger partial charge >= 0.3 is 5.97 Å². The number of carbonyl (C=O) groups is 1. The zero-order valence-corrected chi connectivity index (χ0v) is 17.1. The zero-order chi connectivity index (χ0) is 20.4. The van der Waals surface area contributed by atoms with E-state index in [1.54, 1.807) is 12.1 Å². The van der Waals surface area contributed by atoms with Gasteiger partial charge in [0.25, 0.3) is 0 Å².